The van der Waals surface area contributed by atoms with Crippen molar-refractivity contribution >= 4 is 62.0 Å². The second-order valence-corrected chi connectivity index (χ2v) is 11.0. The number of anilines is 1. The Morgan fingerprint density at radius 3 is 2.22 bits per heavy atom. The van der Waals surface area contributed by atoms with Crippen LogP contribution in [0.1, 0.15) is 33.6 Å². The molecule has 1 aliphatic rings. The Kier molecular flexibility index (Phi) is 7.49. The van der Waals surface area contributed by atoms with Gasteiger partial charge in [0.15, 0.2) is 5.11 Å². The van der Waals surface area contributed by atoms with Crippen molar-refractivity contribution in [2.45, 2.75) is 18.4 Å². The molecule has 0 atom stereocenters. The van der Waals surface area contributed by atoms with Crippen LogP contribution in [0.15, 0.2) is 78.9 Å². The van der Waals surface area contributed by atoms with Gasteiger partial charge in [-0.2, -0.15) is 0 Å². The van der Waals surface area contributed by atoms with Gasteiger partial charge in [-0.1, -0.05) is 72.3 Å². The lowest BCUT2D eigenvalue weighted by atomic mass is 9.72. The van der Waals surface area contributed by atoms with Crippen LogP contribution in [0, 0.1) is 5.92 Å². The van der Waals surface area contributed by atoms with Crippen LogP contribution in [-0.2, 0) is 10.3 Å². The number of piperidine rings is 1. The van der Waals surface area contributed by atoms with E-state index in [4.69, 9.17) is 28.6 Å². The van der Waals surface area contributed by atoms with Crippen molar-refractivity contribution < 1.29 is 14.6 Å². The Bertz CT molecular complexity index is 1380. The molecule has 0 radical (unpaired) electrons. The number of thiophene rings is 1. The standard InChI is InChI=1S/C29H27ClN2O3S2/c1-35-27(33)26-25(30)23-13-12-22(18-24(23)37-26)31-28(36)32-16-14-21(15-17-32)29(34,19-8-4-2-5-9-19)20-10-6-3-7-11-20/h2-13,18,21,34H,14-17H2,1H3,(H,31,36). The van der Waals surface area contributed by atoms with Gasteiger partial charge in [0.05, 0.1) is 12.1 Å². The lowest BCUT2D eigenvalue weighted by Crippen LogP contribution is -2.47. The van der Waals surface area contributed by atoms with E-state index in [0.717, 1.165) is 52.8 Å². The summed E-state index contributed by atoms with van der Waals surface area (Å²) in [6.45, 7) is 1.47. The molecule has 5 nitrogen and oxygen atoms in total. The van der Waals surface area contributed by atoms with Crippen LogP contribution in [0.4, 0.5) is 5.69 Å². The molecule has 1 fully saturated rings. The summed E-state index contributed by atoms with van der Waals surface area (Å²) >= 11 is 13.4. The van der Waals surface area contributed by atoms with E-state index in [0.29, 0.717) is 15.0 Å². The quantitative estimate of drug-likeness (QED) is 0.213. The van der Waals surface area contributed by atoms with Crippen LogP contribution in [0.25, 0.3) is 10.1 Å². The van der Waals surface area contributed by atoms with E-state index in [1.54, 1.807) is 0 Å². The number of carbonyl (C=O) groups excluding carboxylic acids is 1. The first kappa shape index (κ1) is 25.7. The maximum absolute atomic E-state index is 12.1. The number of ether oxygens (including phenoxy) is 1. The molecular weight excluding hydrogens is 524 g/mol. The van der Waals surface area contributed by atoms with Crippen LogP contribution in [-0.4, -0.2) is 41.3 Å². The summed E-state index contributed by atoms with van der Waals surface area (Å²) in [5, 5.41) is 17.3. The van der Waals surface area contributed by atoms with Gasteiger partial charge in [0.1, 0.15) is 10.5 Å². The number of nitrogens with zero attached hydrogens (tertiary/aromatic N) is 1. The second-order valence-electron chi connectivity index (χ2n) is 9.14. The number of carbonyl (C=O) groups is 1. The second kappa shape index (κ2) is 10.8. The molecular formula is C29H27ClN2O3S2. The van der Waals surface area contributed by atoms with Crippen molar-refractivity contribution in [3.8, 4) is 0 Å². The van der Waals surface area contributed by atoms with E-state index in [1.807, 2.05) is 78.9 Å². The number of benzene rings is 3. The highest BCUT2D eigenvalue weighted by atomic mass is 35.5. The zero-order valence-electron chi connectivity index (χ0n) is 20.3. The van der Waals surface area contributed by atoms with Crippen molar-refractivity contribution in [3.63, 3.8) is 0 Å². The van der Waals surface area contributed by atoms with Crippen molar-refractivity contribution in [2.24, 2.45) is 5.92 Å². The van der Waals surface area contributed by atoms with Crippen molar-refractivity contribution in [3.05, 3.63) is 99.9 Å². The first-order chi connectivity index (χ1) is 17.9. The highest BCUT2D eigenvalue weighted by molar-refractivity contribution is 7.80. The molecule has 0 aliphatic carbocycles. The van der Waals surface area contributed by atoms with Gasteiger partial charge in [-0.05, 0) is 60.3 Å². The predicted octanol–water partition coefficient (Wildman–Crippen LogP) is 6.69. The van der Waals surface area contributed by atoms with Crippen LogP contribution in [0.2, 0.25) is 5.02 Å². The Morgan fingerprint density at radius 1 is 1.05 bits per heavy atom. The molecule has 5 rings (SSSR count). The summed E-state index contributed by atoms with van der Waals surface area (Å²) in [6, 6.07) is 25.6. The molecule has 1 saturated heterocycles. The van der Waals surface area contributed by atoms with Gasteiger partial charge in [0.25, 0.3) is 0 Å². The zero-order valence-corrected chi connectivity index (χ0v) is 22.7. The van der Waals surface area contributed by atoms with Gasteiger partial charge >= 0.3 is 5.97 Å². The normalized spacial score (nSPS) is 14.5. The highest BCUT2D eigenvalue weighted by Gasteiger charge is 2.41. The van der Waals surface area contributed by atoms with Gasteiger partial charge in [-0.15, -0.1) is 11.3 Å². The molecule has 2 heterocycles. The van der Waals surface area contributed by atoms with Crippen LogP contribution in [0.3, 0.4) is 0 Å². The first-order valence-corrected chi connectivity index (χ1v) is 13.7. The summed E-state index contributed by atoms with van der Waals surface area (Å²) in [5.41, 5.74) is 1.59. The first-order valence-electron chi connectivity index (χ1n) is 12.1. The number of nitrogens with one attached hydrogen (secondary N) is 1. The average Bonchev–Trinajstić information content (AvgIpc) is 3.28. The summed E-state index contributed by atoms with van der Waals surface area (Å²) in [4.78, 5) is 14.5. The van der Waals surface area contributed by atoms with Gasteiger partial charge in [-0.3, -0.25) is 0 Å². The summed E-state index contributed by atoms with van der Waals surface area (Å²) in [5.74, 6) is -0.386. The van der Waals surface area contributed by atoms with E-state index >= 15 is 0 Å². The molecule has 0 bridgehead atoms. The maximum atomic E-state index is 12.1. The molecule has 37 heavy (non-hydrogen) atoms. The Balaban J connectivity index is 1.30. The average molecular weight is 551 g/mol. The van der Waals surface area contributed by atoms with Gasteiger partial charge in [-0.25, -0.2) is 4.79 Å². The maximum Gasteiger partial charge on any atom is 0.349 e. The van der Waals surface area contributed by atoms with E-state index in [-0.39, 0.29) is 5.92 Å². The molecule has 0 spiro atoms. The third-order valence-corrected chi connectivity index (χ3v) is 9.05. The Labute approximate surface area is 230 Å². The molecule has 1 aliphatic heterocycles. The SMILES string of the molecule is COC(=O)c1sc2cc(NC(=S)N3CCC(C(O)(c4ccccc4)c4ccccc4)CC3)ccc2c1Cl. The number of hydrogen-bond acceptors (Lipinski definition) is 5. The number of thiocarbonyl (C=S) groups is 1. The minimum Gasteiger partial charge on any atom is -0.465 e. The smallest absolute Gasteiger partial charge is 0.349 e. The molecule has 3 aromatic carbocycles. The minimum absolute atomic E-state index is 0.0534. The topological polar surface area (TPSA) is 61.8 Å². The lowest BCUT2D eigenvalue weighted by Gasteiger charge is -2.43. The number of halogens is 1. The molecule has 190 valence electrons. The largest absolute Gasteiger partial charge is 0.465 e. The van der Waals surface area contributed by atoms with Crippen LogP contribution >= 0.6 is 35.2 Å². The van der Waals surface area contributed by atoms with Crippen molar-refractivity contribution in [1.29, 1.82) is 0 Å². The fourth-order valence-electron chi connectivity index (χ4n) is 5.09. The number of esters is 1. The Hall–Kier alpha value is -2.97. The summed E-state index contributed by atoms with van der Waals surface area (Å²) < 4.78 is 5.72. The Morgan fingerprint density at radius 2 is 1.65 bits per heavy atom. The monoisotopic (exact) mass is 550 g/mol. The molecule has 8 heteroatoms. The number of hydrogen-bond donors (Lipinski definition) is 2. The predicted molar refractivity (Wildman–Crippen MR) is 155 cm³/mol. The van der Waals surface area contributed by atoms with E-state index in [9.17, 15) is 9.90 Å². The number of fused-ring (bicyclic) bond motifs is 1. The molecule has 0 saturated carbocycles. The number of rotatable bonds is 5. The zero-order chi connectivity index (χ0) is 26.0. The van der Waals surface area contributed by atoms with E-state index < -0.39 is 11.6 Å². The van der Waals surface area contributed by atoms with E-state index in [1.165, 1.54) is 18.4 Å². The number of methoxy groups -OCH3 is 1. The lowest BCUT2D eigenvalue weighted by molar-refractivity contribution is -0.00631. The summed E-state index contributed by atoms with van der Waals surface area (Å²) in [7, 11) is 1.35. The minimum atomic E-state index is -1.07. The van der Waals surface area contributed by atoms with Gasteiger partial charge < -0.3 is 20.1 Å². The molecule has 2 N–H and O–H groups in total. The molecule has 1 aromatic heterocycles. The fraction of sp³-hybridized carbons (Fsp3) is 0.241. The van der Waals surface area contributed by atoms with Crippen LogP contribution < -0.4 is 5.32 Å². The third-order valence-electron chi connectivity index (χ3n) is 7.05. The molecule has 4 aromatic rings. The molecule has 0 amide bonds. The third kappa shape index (κ3) is 4.97. The number of likely N-dealkylation sites (tertiary alicyclic amines) is 1. The number of aliphatic hydroxyl groups is 1. The van der Waals surface area contributed by atoms with Gasteiger partial charge in [0.2, 0.25) is 0 Å². The van der Waals surface area contributed by atoms with Gasteiger partial charge in [0, 0.05) is 28.9 Å². The van der Waals surface area contributed by atoms with Crippen molar-refractivity contribution in [1.82, 2.24) is 4.90 Å². The highest BCUT2D eigenvalue weighted by Crippen LogP contribution is 2.42. The van der Waals surface area contributed by atoms with Crippen molar-refractivity contribution in [2.75, 3.05) is 25.5 Å². The molecule has 0 unspecified atom stereocenters. The van der Waals surface area contributed by atoms with Crippen LogP contribution in [0.5, 0.6) is 0 Å². The summed E-state index contributed by atoms with van der Waals surface area (Å²) in [6.07, 6.45) is 1.59. The van der Waals surface area contributed by atoms with E-state index in [2.05, 4.69) is 10.2 Å². The fourth-order valence-corrected chi connectivity index (χ4v) is 6.86.